The molecule has 1 atom stereocenters. The van der Waals surface area contributed by atoms with Crippen molar-refractivity contribution in [2.24, 2.45) is 5.92 Å². The maximum absolute atomic E-state index is 12.8. The normalized spacial score (nSPS) is 21.8. The second-order valence-electron chi connectivity index (χ2n) is 6.58. The molecule has 0 radical (unpaired) electrons. The fraction of sp³-hybridized carbons (Fsp3) is 0.611. The standard InChI is InChI=1S/C18H27FN2O3/c1-13(12-24-17-9-5-15(19)6-10-17)20-18(23)21(2)16-7-3-14(11-22)4-8-16/h5-6,9-10,13-14,16,22H,3-4,7-8,11-12H2,1-2H3,(H,20,23). The summed E-state index contributed by atoms with van der Waals surface area (Å²) < 4.78 is 18.4. The summed E-state index contributed by atoms with van der Waals surface area (Å²) in [6.45, 7) is 2.43. The van der Waals surface area contributed by atoms with Crippen molar-refractivity contribution in [2.75, 3.05) is 20.3 Å². The van der Waals surface area contributed by atoms with Gasteiger partial charge >= 0.3 is 6.03 Å². The van der Waals surface area contributed by atoms with Crippen LogP contribution in [-0.2, 0) is 0 Å². The molecule has 1 aliphatic rings. The number of aliphatic hydroxyl groups is 1. The molecule has 5 nitrogen and oxygen atoms in total. The van der Waals surface area contributed by atoms with Crippen molar-refractivity contribution in [1.29, 1.82) is 0 Å². The van der Waals surface area contributed by atoms with Gasteiger partial charge < -0.3 is 20.1 Å². The quantitative estimate of drug-likeness (QED) is 0.838. The van der Waals surface area contributed by atoms with E-state index in [0.717, 1.165) is 25.7 Å². The van der Waals surface area contributed by atoms with Gasteiger partial charge in [0.25, 0.3) is 0 Å². The molecule has 0 aromatic heterocycles. The SMILES string of the molecule is CC(COc1ccc(F)cc1)NC(=O)N(C)C1CCC(CO)CC1. The number of amides is 2. The number of urea groups is 1. The van der Waals surface area contributed by atoms with Crippen LogP contribution in [0.2, 0.25) is 0 Å². The lowest BCUT2D eigenvalue weighted by atomic mass is 9.86. The van der Waals surface area contributed by atoms with E-state index in [-0.39, 0.29) is 30.5 Å². The molecule has 1 aromatic carbocycles. The van der Waals surface area contributed by atoms with Crippen LogP contribution in [0.25, 0.3) is 0 Å². The Balaban J connectivity index is 1.73. The molecule has 2 amide bonds. The molecule has 0 aliphatic heterocycles. The van der Waals surface area contributed by atoms with E-state index in [1.165, 1.54) is 12.1 Å². The summed E-state index contributed by atoms with van der Waals surface area (Å²) in [7, 11) is 1.81. The average molecular weight is 338 g/mol. The third-order valence-corrected chi connectivity index (χ3v) is 4.63. The van der Waals surface area contributed by atoms with E-state index in [2.05, 4.69) is 5.32 Å². The van der Waals surface area contributed by atoms with E-state index < -0.39 is 0 Å². The van der Waals surface area contributed by atoms with Crippen molar-refractivity contribution in [1.82, 2.24) is 10.2 Å². The highest BCUT2D eigenvalue weighted by atomic mass is 19.1. The lowest BCUT2D eigenvalue weighted by Gasteiger charge is -2.34. The van der Waals surface area contributed by atoms with Gasteiger partial charge in [-0.05, 0) is 62.8 Å². The molecular weight excluding hydrogens is 311 g/mol. The minimum Gasteiger partial charge on any atom is -0.491 e. The number of carbonyl (C=O) groups is 1. The van der Waals surface area contributed by atoms with E-state index in [9.17, 15) is 14.3 Å². The van der Waals surface area contributed by atoms with Crippen LogP contribution in [0.1, 0.15) is 32.6 Å². The van der Waals surface area contributed by atoms with Gasteiger partial charge in [0.15, 0.2) is 0 Å². The van der Waals surface area contributed by atoms with Crippen molar-refractivity contribution >= 4 is 6.03 Å². The summed E-state index contributed by atoms with van der Waals surface area (Å²) in [6.07, 6.45) is 3.77. The second kappa shape index (κ2) is 8.87. The zero-order valence-corrected chi connectivity index (χ0v) is 14.4. The van der Waals surface area contributed by atoms with Gasteiger partial charge in [0, 0.05) is 19.7 Å². The maximum Gasteiger partial charge on any atom is 0.317 e. The third kappa shape index (κ3) is 5.37. The molecule has 1 aliphatic carbocycles. The molecular formula is C18H27FN2O3. The third-order valence-electron chi connectivity index (χ3n) is 4.63. The Kier molecular flexibility index (Phi) is 6.85. The Morgan fingerprint density at radius 2 is 1.96 bits per heavy atom. The molecule has 1 unspecified atom stereocenters. The highest BCUT2D eigenvalue weighted by molar-refractivity contribution is 5.74. The molecule has 0 bridgehead atoms. The largest absolute Gasteiger partial charge is 0.491 e. The van der Waals surface area contributed by atoms with Gasteiger partial charge in [-0.2, -0.15) is 0 Å². The highest BCUT2D eigenvalue weighted by Crippen LogP contribution is 2.26. The molecule has 1 saturated carbocycles. The number of carbonyl (C=O) groups excluding carboxylic acids is 1. The Hall–Kier alpha value is -1.82. The first kappa shape index (κ1) is 18.5. The highest BCUT2D eigenvalue weighted by Gasteiger charge is 2.26. The molecule has 0 spiro atoms. The predicted octanol–water partition coefficient (Wildman–Crippen LogP) is 2.79. The van der Waals surface area contributed by atoms with Crippen molar-refractivity contribution < 1.29 is 19.0 Å². The minimum absolute atomic E-state index is 0.113. The molecule has 0 saturated heterocycles. The van der Waals surface area contributed by atoms with Gasteiger partial charge in [0.2, 0.25) is 0 Å². The molecule has 6 heteroatoms. The van der Waals surface area contributed by atoms with Crippen LogP contribution in [0, 0.1) is 11.7 Å². The topological polar surface area (TPSA) is 61.8 Å². The number of rotatable bonds is 6. The fourth-order valence-electron chi connectivity index (χ4n) is 2.99. The van der Waals surface area contributed by atoms with Crippen LogP contribution in [0.5, 0.6) is 5.75 Å². The van der Waals surface area contributed by atoms with Gasteiger partial charge in [-0.15, -0.1) is 0 Å². The predicted molar refractivity (Wildman–Crippen MR) is 90.5 cm³/mol. The first-order valence-corrected chi connectivity index (χ1v) is 8.52. The number of benzene rings is 1. The number of hydrogen-bond donors (Lipinski definition) is 2. The summed E-state index contributed by atoms with van der Waals surface area (Å²) in [6, 6.07) is 5.77. The first-order chi connectivity index (χ1) is 11.5. The Morgan fingerprint density at radius 3 is 2.54 bits per heavy atom. The van der Waals surface area contributed by atoms with E-state index in [4.69, 9.17) is 4.74 Å². The van der Waals surface area contributed by atoms with Crippen LogP contribution >= 0.6 is 0 Å². The van der Waals surface area contributed by atoms with Crippen LogP contribution < -0.4 is 10.1 Å². The van der Waals surface area contributed by atoms with Crippen molar-refractivity contribution in [3.63, 3.8) is 0 Å². The summed E-state index contributed by atoms with van der Waals surface area (Å²) in [5.74, 6) is 0.648. The summed E-state index contributed by atoms with van der Waals surface area (Å²) in [5, 5.41) is 12.1. The molecule has 24 heavy (non-hydrogen) atoms. The zero-order chi connectivity index (χ0) is 17.5. The van der Waals surface area contributed by atoms with Crippen LogP contribution in [0.4, 0.5) is 9.18 Å². The van der Waals surface area contributed by atoms with E-state index in [1.54, 1.807) is 17.0 Å². The average Bonchev–Trinajstić information content (AvgIpc) is 2.60. The molecule has 1 fully saturated rings. The smallest absolute Gasteiger partial charge is 0.317 e. The monoisotopic (exact) mass is 338 g/mol. The molecule has 1 aromatic rings. The van der Waals surface area contributed by atoms with E-state index in [0.29, 0.717) is 18.3 Å². The van der Waals surface area contributed by atoms with E-state index in [1.807, 2.05) is 14.0 Å². The fourth-order valence-corrected chi connectivity index (χ4v) is 2.99. The Bertz CT molecular complexity index is 516. The van der Waals surface area contributed by atoms with Crippen molar-refractivity contribution in [3.8, 4) is 5.75 Å². The van der Waals surface area contributed by atoms with Gasteiger partial charge in [0.1, 0.15) is 18.2 Å². The number of aliphatic hydroxyl groups excluding tert-OH is 1. The lowest BCUT2D eigenvalue weighted by Crippen LogP contribution is -2.49. The molecule has 0 heterocycles. The van der Waals surface area contributed by atoms with Crippen LogP contribution in [0.3, 0.4) is 0 Å². The lowest BCUT2D eigenvalue weighted by molar-refractivity contribution is 0.131. The zero-order valence-electron chi connectivity index (χ0n) is 14.4. The van der Waals surface area contributed by atoms with Crippen molar-refractivity contribution in [2.45, 2.75) is 44.7 Å². The van der Waals surface area contributed by atoms with Gasteiger partial charge in [-0.3, -0.25) is 0 Å². The minimum atomic E-state index is -0.304. The van der Waals surface area contributed by atoms with Crippen LogP contribution in [0.15, 0.2) is 24.3 Å². The number of ether oxygens (including phenoxy) is 1. The molecule has 134 valence electrons. The maximum atomic E-state index is 12.8. The van der Waals surface area contributed by atoms with Gasteiger partial charge in [-0.25, -0.2) is 9.18 Å². The van der Waals surface area contributed by atoms with Gasteiger partial charge in [0.05, 0.1) is 6.04 Å². The molecule has 2 N–H and O–H groups in total. The Morgan fingerprint density at radius 1 is 1.33 bits per heavy atom. The van der Waals surface area contributed by atoms with Crippen molar-refractivity contribution in [3.05, 3.63) is 30.1 Å². The number of hydrogen-bond acceptors (Lipinski definition) is 3. The van der Waals surface area contributed by atoms with Crippen LogP contribution in [-0.4, -0.2) is 48.4 Å². The van der Waals surface area contributed by atoms with Gasteiger partial charge in [-0.1, -0.05) is 0 Å². The first-order valence-electron chi connectivity index (χ1n) is 8.52. The Labute approximate surface area is 142 Å². The number of halogens is 1. The number of nitrogens with one attached hydrogen (secondary N) is 1. The molecule has 2 rings (SSSR count). The van der Waals surface area contributed by atoms with E-state index >= 15 is 0 Å². The summed E-state index contributed by atoms with van der Waals surface area (Å²) >= 11 is 0. The summed E-state index contributed by atoms with van der Waals surface area (Å²) in [5.41, 5.74) is 0. The second-order valence-corrected chi connectivity index (χ2v) is 6.58. The summed E-state index contributed by atoms with van der Waals surface area (Å²) in [4.78, 5) is 14.1. The number of nitrogens with zero attached hydrogens (tertiary/aromatic N) is 1.